The number of ether oxygens (including phenoxy) is 3. The standard InChI is InChI=1S/C10H14FN.C9H15N2O.C8H13N3O.C8H13N3.C8H16N2O.C7H14N2O/c1-8-4-5-10(11)6-9(8)7-12(2)3;1-8-4-5-11(12)7-9(8)6-10(2)3;1-7-3-4-9-8(11-7)10-5-6-12-2;1-7-4-5-9-8(10-7)6-11(2)3;1-7(9)10-5-3-8(11-2)4-6-10;1-6(8)9-4-3-7(5-9)10-2/h4-6H,7H2,1-3H3;4-5,7,12H,6H2,1-3H3;3-4H,5-6H2,1-2H3,(H,9,10,11);4-5H,6H2,1-3H3;8-9H,3-6H2,1-2H3;7-8H,3-5H2,1-2H3/q;+1;;;;. The molecule has 4 aromatic rings. The number of nitrogens with one attached hydrogen (secondary N) is 3. The molecule has 1 aromatic carbocycles. The highest BCUT2D eigenvalue weighted by Crippen LogP contribution is 2.14. The largest absolute Gasteiger partial charge is 0.383 e. The molecule has 0 amide bonds. The van der Waals surface area contributed by atoms with Gasteiger partial charge in [0.05, 0.1) is 37.0 Å². The van der Waals surface area contributed by atoms with Crippen molar-refractivity contribution in [3.63, 3.8) is 0 Å². The van der Waals surface area contributed by atoms with E-state index in [1.165, 1.54) is 11.6 Å². The van der Waals surface area contributed by atoms with Gasteiger partial charge in [0.1, 0.15) is 11.6 Å². The van der Waals surface area contributed by atoms with Crippen molar-refractivity contribution in [3.05, 3.63) is 106 Å². The van der Waals surface area contributed by atoms with Gasteiger partial charge in [0, 0.05) is 107 Å². The molecule has 0 spiro atoms. The van der Waals surface area contributed by atoms with Crippen LogP contribution in [0.5, 0.6) is 0 Å². The average Bonchev–Trinajstić information content (AvgIpc) is 3.78. The van der Waals surface area contributed by atoms with Crippen molar-refractivity contribution in [2.45, 2.75) is 92.6 Å². The number of piperidine rings is 1. The Morgan fingerprint density at radius 2 is 1.26 bits per heavy atom. The van der Waals surface area contributed by atoms with Crippen LogP contribution in [0.1, 0.15) is 72.6 Å². The second-order valence-corrected chi connectivity index (χ2v) is 17.6. The maximum atomic E-state index is 12.8. The van der Waals surface area contributed by atoms with Gasteiger partial charge in [-0.05, 0) is 144 Å². The molecule has 18 heteroatoms. The van der Waals surface area contributed by atoms with Crippen LogP contribution in [0.15, 0.2) is 61.2 Å². The summed E-state index contributed by atoms with van der Waals surface area (Å²) in [6.07, 6.45) is 10.8. The average molecular weight is 951 g/mol. The van der Waals surface area contributed by atoms with E-state index in [1.807, 2.05) is 118 Å². The Kier molecular flexibility index (Phi) is 30.5. The fourth-order valence-electron chi connectivity index (χ4n) is 6.57. The maximum Gasteiger partial charge on any atom is 0.227 e. The number of benzene rings is 1. The minimum Gasteiger partial charge on any atom is -0.383 e. The lowest BCUT2D eigenvalue weighted by Gasteiger charge is -2.31. The molecule has 2 saturated heterocycles. The molecular formula is C50H85FN13O4+. The Balaban J connectivity index is 0.000000408. The molecule has 6 rings (SSSR count). The summed E-state index contributed by atoms with van der Waals surface area (Å²) in [6, 6.07) is 10.6. The van der Waals surface area contributed by atoms with Crippen molar-refractivity contribution in [1.82, 2.24) is 44.4 Å². The van der Waals surface area contributed by atoms with Gasteiger partial charge in [-0.3, -0.25) is 16.0 Å². The van der Waals surface area contributed by atoms with Crippen LogP contribution in [-0.4, -0.2) is 176 Å². The highest BCUT2D eigenvalue weighted by atomic mass is 19.1. The van der Waals surface area contributed by atoms with E-state index >= 15 is 0 Å². The van der Waals surface area contributed by atoms with Crippen LogP contribution >= 0.6 is 0 Å². The van der Waals surface area contributed by atoms with Gasteiger partial charge in [0.15, 0.2) is 0 Å². The third kappa shape index (κ3) is 27.5. The van der Waals surface area contributed by atoms with Crippen molar-refractivity contribution in [3.8, 4) is 0 Å². The predicted molar refractivity (Wildman–Crippen MR) is 271 cm³/mol. The van der Waals surface area contributed by atoms with Crippen molar-refractivity contribution in [1.29, 1.82) is 10.8 Å². The second-order valence-electron chi connectivity index (χ2n) is 17.6. The molecule has 2 aliphatic rings. The summed E-state index contributed by atoms with van der Waals surface area (Å²) in [5.41, 5.74) is 6.53. The lowest BCUT2D eigenvalue weighted by Crippen LogP contribution is -2.39. The van der Waals surface area contributed by atoms with E-state index in [0.29, 0.717) is 36.4 Å². The molecule has 5 heterocycles. The third-order valence-corrected chi connectivity index (χ3v) is 10.4. The van der Waals surface area contributed by atoms with E-state index in [1.54, 1.807) is 52.2 Å². The SMILES string of the molecule is COC1CCN(C(C)=N)C1.COC1CCN(C(C)=N)CC1.COCCNc1nccc(C)n1.Cc1cc[n+](O)cc1CN(C)C.Cc1ccc(F)cc1CN(C)C.Cc1ccnc(CN(C)C)n1. The number of amidine groups is 2. The molecule has 2 fully saturated rings. The molecule has 3 aromatic heterocycles. The number of methoxy groups -OCH3 is 3. The molecule has 0 aliphatic carbocycles. The van der Waals surface area contributed by atoms with E-state index in [0.717, 1.165) is 110 Å². The summed E-state index contributed by atoms with van der Waals surface area (Å²) in [5, 5.41) is 26.9. The van der Waals surface area contributed by atoms with Crippen molar-refractivity contribution in [2.75, 3.05) is 108 Å². The number of rotatable bonds is 12. The summed E-state index contributed by atoms with van der Waals surface area (Å²) in [4.78, 5) is 26.9. The number of hydrogen-bond acceptors (Lipinski definition) is 14. The van der Waals surface area contributed by atoms with Crippen LogP contribution < -0.4 is 10.0 Å². The number of aromatic nitrogens is 5. The highest BCUT2D eigenvalue weighted by molar-refractivity contribution is 5.76. The smallest absolute Gasteiger partial charge is 0.227 e. The fraction of sp³-hybridized carbons (Fsp3) is 0.580. The Morgan fingerprint density at radius 3 is 1.76 bits per heavy atom. The number of aryl methyl sites for hydroxylation is 4. The first kappa shape index (κ1) is 60.8. The quantitative estimate of drug-likeness (QED) is 0.0411. The second kappa shape index (κ2) is 34.1. The first-order valence-electron chi connectivity index (χ1n) is 23.0. The van der Waals surface area contributed by atoms with Crippen LogP contribution in [0.25, 0.3) is 0 Å². The van der Waals surface area contributed by atoms with Crippen molar-refractivity contribution in [2.24, 2.45) is 0 Å². The zero-order valence-corrected chi connectivity index (χ0v) is 43.9. The van der Waals surface area contributed by atoms with Crippen LogP contribution in [0.4, 0.5) is 10.3 Å². The molecular weight excluding hydrogens is 866 g/mol. The van der Waals surface area contributed by atoms with Crippen LogP contribution in [0.3, 0.4) is 0 Å². The van der Waals surface area contributed by atoms with Crippen LogP contribution in [0.2, 0.25) is 0 Å². The van der Waals surface area contributed by atoms with E-state index < -0.39 is 0 Å². The lowest BCUT2D eigenvalue weighted by molar-refractivity contribution is -0.905. The van der Waals surface area contributed by atoms with E-state index in [9.17, 15) is 4.39 Å². The van der Waals surface area contributed by atoms with Gasteiger partial charge >= 0.3 is 0 Å². The summed E-state index contributed by atoms with van der Waals surface area (Å²) in [7, 11) is 17.1. The molecule has 68 heavy (non-hydrogen) atoms. The highest BCUT2D eigenvalue weighted by Gasteiger charge is 2.22. The van der Waals surface area contributed by atoms with E-state index in [2.05, 4.69) is 40.0 Å². The van der Waals surface area contributed by atoms with Gasteiger partial charge in [0.25, 0.3) is 0 Å². The maximum absolute atomic E-state index is 12.8. The normalized spacial score (nSPS) is 14.2. The Hall–Kier alpha value is -5.24. The molecule has 2 aliphatic heterocycles. The number of hydrogen-bond donors (Lipinski definition) is 4. The predicted octanol–water partition coefficient (Wildman–Crippen LogP) is 6.27. The fourth-order valence-corrected chi connectivity index (χ4v) is 6.57. The summed E-state index contributed by atoms with van der Waals surface area (Å²) < 4.78 is 29.1. The molecule has 17 nitrogen and oxygen atoms in total. The molecule has 0 saturated carbocycles. The van der Waals surface area contributed by atoms with Crippen molar-refractivity contribution >= 4 is 17.6 Å². The molecule has 380 valence electrons. The van der Waals surface area contributed by atoms with Crippen molar-refractivity contribution < 1.29 is 28.5 Å². The Morgan fingerprint density at radius 1 is 0.735 bits per heavy atom. The molecule has 1 unspecified atom stereocenters. The third-order valence-electron chi connectivity index (χ3n) is 10.4. The molecule has 4 N–H and O–H groups in total. The van der Waals surface area contributed by atoms with E-state index in [-0.39, 0.29) is 5.82 Å². The molecule has 1 atom stereocenters. The van der Waals surface area contributed by atoms with Gasteiger partial charge in [-0.1, -0.05) is 6.07 Å². The van der Waals surface area contributed by atoms with Gasteiger partial charge in [0.2, 0.25) is 18.3 Å². The lowest BCUT2D eigenvalue weighted by atomic mass is 10.1. The zero-order valence-electron chi connectivity index (χ0n) is 43.9. The first-order chi connectivity index (χ1) is 32.2. The Labute approximate surface area is 407 Å². The van der Waals surface area contributed by atoms with Crippen LogP contribution in [-0.2, 0) is 33.8 Å². The van der Waals surface area contributed by atoms with Crippen LogP contribution in [0, 0.1) is 44.3 Å². The number of likely N-dealkylation sites (tertiary alicyclic amines) is 2. The number of anilines is 1. The number of nitrogens with zero attached hydrogens (tertiary/aromatic N) is 10. The minimum atomic E-state index is -0.155. The zero-order chi connectivity index (χ0) is 51.2. The van der Waals surface area contributed by atoms with Gasteiger partial charge < -0.3 is 44.0 Å². The van der Waals surface area contributed by atoms with Gasteiger partial charge in [-0.25, -0.2) is 24.3 Å². The number of halogens is 1. The number of pyridine rings is 1. The van der Waals surface area contributed by atoms with Gasteiger partial charge in [-0.15, -0.1) is 0 Å². The summed E-state index contributed by atoms with van der Waals surface area (Å²) in [5.74, 6) is 2.72. The first-order valence-corrected chi connectivity index (χ1v) is 23.0. The monoisotopic (exact) mass is 951 g/mol. The molecule has 0 radical (unpaired) electrons. The van der Waals surface area contributed by atoms with Gasteiger partial charge in [-0.2, -0.15) is 0 Å². The topological polar surface area (TPSA) is 179 Å². The van der Waals surface area contributed by atoms with E-state index in [4.69, 9.17) is 30.2 Å². The summed E-state index contributed by atoms with van der Waals surface area (Å²) >= 11 is 0. The summed E-state index contributed by atoms with van der Waals surface area (Å²) in [6.45, 7) is 19.3. The minimum absolute atomic E-state index is 0.155. The Bertz CT molecular complexity index is 1960. The molecule has 0 bridgehead atoms.